The van der Waals surface area contributed by atoms with E-state index in [2.05, 4.69) is 0 Å². The van der Waals surface area contributed by atoms with Crippen LogP contribution in [0.3, 0.4) is 0 Å². The average molecular weight is 226 g/mol. The Morgan fingerprint density at radius 3 is 2.00 bits per heavy atom. The molecule has 90 valence electrons. The maximum Gasteiger partial charge on any atom is 0.462 e. The van der Waals surface area contributed by atoms with E-state index in [4.69, 9.17) is 14.4 Å². The van der Waals surface area contributed by atoms with Crippen molar-refractivity contribution in [2.75, 3.05) is 0 Å². The van der Waals surface area contributed by atoms with E-state index in [1.165, 1.54) is 0 Å². The monoisotopic (exact) mass is 226 g/mol. The first-order valence-electron chi connectivity index (χ1n) is 5.83. The SMILES string of the molecule is CC1(C)OB([C@H]2CC[C@H]2C(=O)O)OC1(C)C. The van der Waals surface area contributed by atoms with Crippen molar-refractivity contribution < 1.29 is 19.2 Å². The number of carboxylic acid groups (broad SMARTS) is 1. The lowest BCUT2D eigenvalue weighted by Gasteiger charge is -2.34. The fourth-order valence-electron chi connectivity index (χ4n) is 2.22. The number of rotatable bonds is 2. The molecule has 0 spiro atoms. The zero-order valence-electron chi connectivity index (χ0n) is 10.3. The molecule has 1 saturated heterocycles. The fourth-order valence-corrected chi connectivity index (χ4v) is 2.22. The topological polar surface area (TPSA) is 55.8 Å². The first-order chi connectivity index (χ1) is 7.24. The van der Waals surface area contributed by atoms with E-state index in [0.717, 1.165) is 12.8 Å². The molecular weight excluding hydrogens is 207 g/mol. The second-order valence-electron chi connectivity index (χ2n) is 5.81. The molecule has 16 heavy (non-hydrogen) atoms. The van der Waals surface area contributed by atoms with E-state index in [1.807, 2.05) is 27.7 Å². The summed E-state index contributed by atoms with van der Waals surface area (Å²) in [6.07, 6.45) is 1.62. The minimum atomic E-state index is -0.731. The molecule has 2 aliphatic rings. The van der Waals surface area contributed by atoms with Gasteiger partial charge in [0.15, 0.2) is 0 Å². The van der Waals surface area contributed by atoms with Gasteiger partial charge in [-0.05, 0) is 34.1 Å². The molecule has 1 heterocycles. The van der Waals surface area contributed by atoms with Crippen LogP contribution in [0.15, 0.2) is 0 Å². The largest absolute Gasteiger partial charge is 0.481 e. The van der Waals surface area contributed by atoms with Crippen LogP contribution in [0.2, 0.25) is 5.82 Å². The molecule has 2 rings (SSSR count). The van der Waals surface area contributed by atoms with Crippen molar-refractivity contribution in [1.29, 1.82) is 0 Å². The average Bonchev–Trinajstić information content (AvgIpc) is 2.15. The molecule has 1 aliphatic carbocycles. The Morgan fingerprint density at radius 2 is 1.69 bits per heavy atom. The quantitative estimate of drug-likeness (QED) is 0.731. The standard InChI is InChI=1S/C11H19BO4/c1-10(2)11(3,4)16-12(15-10)8-6-5-7(8)9(13)14/h7-8H,5-6H2,1-4H3,(H,13,14)/t7-,8+/m1/s1. The smallest absolute Gasteiger partial charge is 0.462 e. The summed E-state index contributed by atoms with van der Waals surface area (Å²) in [5.74, 6) is -1.01. The van der Waals surface area contributed by atoms with Crippen molar-refractivity contribution in [3.63, 3.8) is 0 Å². The van der Waals surface area contributed by atoms with Gasteiger partial charge in [0, 0.05) is 5.82 Å². The molecule has 1 N–H and O–H groups in total. The predicted octanol–water partition coefficient (Wildman–Crippen LogP) is 1.94. The molecule has 1 aliphatic heterocycles. The van der Waals surface area contributed by atoms with Crippen LogP contribution in [-0.2, 0) is 14.1 Å². The zero-order valence-corrected chi connectivity index (χ0v) is 10.3. The highest BCUT2D eigenvalue weighted by Gasteiger charge is 2.58. The summed E-state index contributed by atoms with van der Waals surface area (Å²) in [5, 5.41) is 9.01. The maximum atomic E-state index is 11.0. The highest BCUT2D eigenvalue weighted by atomic mass is 16.7. The minimum absolute atomic E-state index is 0.0125. The molecule has 0 unspecified atom stereocenters. The Balaban J connectivity index is 2.07. The van der Waals surface area contributed by atoms with Crippen molar-refractivity contribution >= 4 is 13.1 Å². The van der Waals surface area contributed by atoms with E-state index in [9.17, 15) is 4.79 Å². The second-order valence-corrected chi connectivity index (χ2v) is 5.81. The van der Waals surface area contributed by atoms with Gasteiger partial charge in [-0.1, -0.05) is 6.42 Å². The van der Waals surface area contributed by atoms with E-state index in [1.54, 1.807) is 0 Å². The zero-order chi connectivity index (χ0) is 12.1. The number of aliphatic carboxylic acids is 1. The van der Waals surface area contributed by atoms with Crippen LogP contribution < -0.4 is 0 Å². The van der Waals surface area contributed by atoms with Crippen molar-refractivity contribution in [2.24, 2.45) is 5.92 Å². The summed E-state index contributed by atoms with van der Waals surface area (Å²) in [6.45, 7) is 7.95. The van der Waals surface area contributed by atoms with Crippen molar-refractivity contribution in [1.82, 2.24) is 0 Å². The highest BCUT2D eigenvalue weighted by molar-refractivity contribution is 6.48. The number of hydrogen-bond acceptors (Lipinski definition) is 3. The van der Waals surface area contributed by atoms with Crippen molar-refractivity contribution in [2.45, 2.75) is 57.6 Å². The van der Waals surface area contributed by atoms with Gasteiger partial charge in [0.05, 0.1) is 17.1 Å². The normalized spacial score (nSPS) is 35.9. The van der Waals surface area contributed by atoms with Gasteiger partial charge in [0.2, 0.25) is 0 Å². The van der Waals surface area contributed by atoms with E-state index >= 15 is 0 Å². The Hall–Kier alpha value is -0.545. The molecule has 0 aromatic rings. The summed E-state index contributed by atoms with van der Waals surface area (Å²) in [5.41, 5.74) is -0.730. The molecule has 0 aromatic carbocycles. The molecule has 0 radical (unpaired) electrons. The van der Waals surface area contributed by atoms with E-state index < -0.39 is 5.97 Å². The van der Waals surface area contributed by atoms with Gasteiger partial charge < -0.3 is 14.4 Å². The van der Waals surface area contributed by atoms with Crippen molar-refractivity contribution in [3.05, 3.63) is 0 Å². The van der Waals surface area contributed by atoms with Gasteiger partial charge in [-0.3, -0.25) is 4.79 Å². The summed E-state index contributed by atoms with van der Waals surface area (Å²) in [6, 6.07) is 0. The van der Waals surface area contributed by atoms with Crippen LogP contribution >= 0.6 is 0 Å². The molecule has 4 nitrogen and oxygen atoms in total. The number of carbonyl (C=O) groups is 1. The van der Waals surface area contributed by atoms with Gasteiger partial charge in [-0.15, -0.1) is 0 Å². The Bertz CT molecular complexity index is 297. The molecule has 2 atom stereocenters. The van der Waals surface area contributed by atoms with Gasteiger partial charge in [0.25, 0.3) is 0 Å². The lowest BCUT2D eigenvalue weighted by molar-refractivity contribution is -0.144. The lowest BCUT2D eigenvalue weighted by atomic mass is 9.54. The van der Waals surface area contributed by atoms with Gasteiger partial charge in [-0.2, -0.15) is 0 Å². The Morgan fingerprint density at radius 1 is 1.19 bits per heavy atom. The molecule has 5 heteroatoms. The van der Waals surface area contributed by atoms with E-state index in [-0.39, 0.29) is 30.1 Å². The molecule has 0 amide bonds. The van der Waals surface area contributed by atoms with Crippen LogP contribution in [-0.4, -0.2) is 29.4 Å². The minimum Gasteiger partial charge on any atom is -0.481 e. The van der Waals surface area contributed by atoms with Gasteiger partial charge in [-0.25, -0.2) is 0 Å². The summed E-state index contributed by atoms with van der Waals surface area (Å²) < 4.78 is 11.7. The highest BCUT2D eigenvalue weighted by Crippen LogP contribution is 2.49. The second kappa shape index (κ2) is 3.47. The Kier molecular flexibility index (Phi) is 2.59. The number of hydrogen-bond donors (Lipinski definition) is 1. The third-order valence-electron chi connectivity index (χ3n) is 4.27. The van der Waals surface area contributed by atoms with Crippen molar-refractivity contribution in [3.8, 4) is 0 Å². The Labute approximate surface area is 96.5 Å². The lowest BCUT2D eigenvalue weighted by Crippen LogP contribution is -2.41. The summed E-state index contributed by atoms with van der Waals surface area (Å²) in [4.78, 5) is 11.0. The fraction of sp³-hybridized carbons (Fsp3) is 0.909. The third kappa shape index (κ3) is 1.66. The first kappa shape index (κ1) is 11.9. The van der Waals surface area contributed by atoms with Crippen LogP contribution in [0.5, 0.6) is 0 Å². The summed E-state index contributed by atoms with van der Waals surface area (Å²) >= 11 is 0. The predicted molar refractivity (Wildman–Crippen MR) is 60.2 cm³/mol. The first-order valence-corrected chi connectivity index (χ1v) is 5.83. The molecular formula is C11H19BO4. The van der Waals surface area contributed by atoms with Gasteiger partial charge >= 0.3 is 13.1 Å². The number of carboxylic acids is 1. The maximum absolute atomic E-state index is 11.0. The van der Waals surface area contributed by atoms with Crippen LogP contribution in [0.1, 0.15) is 40.5 Å². The summed E-state index contributed by atoms with van der Waals surface area (Å²) in [7, 11) is -0.361. The molecule has 0 bridgehead atoms. The van der Waals surface area contributed by atoms with Crippen LogP contribution in [0, 0.1) is 5.92 Å². The third-order valence-corrected chi connectivity index (χ3v) is 4.27. The molecule has 1 saturated carbocycles. The van der Waals surface area contributed by atoms with E-state index in [0.29, 0.717) is 0 Å². The molecule has 2 fully saturated rings. The van der Waals surface area contributed by atoms with Gasteiger partial charge in [0.1, 0.15) is 0 Å². The molecule has 0 aromatic heterocycles. The van der Waals surface area contributed by atoms with Crippen LogP contribution in [0.4, 0.5) is 0 Å². The van der Waals surface area contributed by atoms with Crippen LogP contribution in [0.25, 0.3) is 0 Å².